The predicted octanol–water partition coefficient (Wildman–Crippen LogP) is 2.51. The second-order valence-electron chi connectivity index (χ2n) is 5.34. The van der Waals surface area contributed by atoms with Crippen molar-refractivity contribution in [1.29, 1.82) is 0 Å². The second-order valence-corrected chi connectivity index (χ2v) is 5.34. The van der Waals surface area contributed by atoms with Crippen LogP contribution in [0, 0.1) is 5.92 Å². The number of hydrogen-bond donors (Lipinski definition) is 1. The van der Waals surface area contributed by atoms with Gasteiger partial charge in [0, 0.05) is 18.8 Å². The summed E-state index contributed by atoms with van der Waals surface area (Å²) < 4.78 is 5.44. The van der Waals surface area contributed by atoms with Crippen LogP contribution in [0.2, 0.25) is 0 Å². The summed E-state index contributed by atoms with van der Waals surface area (Å²) in [7, 11) is 0. The van der Waals surface area contributed by atoms with Gasteiger partial charge in [0.1, 0.15) is 5.75 Å². The van der Waals surface area contributed by atoms with Crippen molar-refractivity contribution in [2.75, 3.05) is 19.7 Å². The number of aliphatic hydroxyl groups excluding tert-OH is 1. The lowest BCUT2D eigenvalue weighted by Gasteiger charge is -2.45. The molecule has 1 N–H and O–H groups in total. The minimum absolute atomic E-state index is 0.283. The molecule has 1 aromatic carbocycles. The van der Waals surface area contributed by atoms with E-state index >= 15 is 0 Å². The first-order valence-corrected chi connectivity index (χ1v) is 7.15. The Kier molecular flexibility index (Phi) is 3.47. The highest BCUT2D eigenvalue weighted by Crippen LogP contribution is 2.35. The highest BCUT2D eigenvalue weighted by molar-refractivity contribution is 5.55. The standard InChI is InChI=1S/C16H21NO2/c1-2-19-14-5-3-12(4-6-14)11-15-16(18)13-7-9-17(15)10-8-13/h3-6,11,13,16,18H,2,7-10H2,1H3. The number of rotatable bonds is 3. The number of benzene rings is 1. The topological polar surface area (TPSA) is 32.7 Å². The molecule has 3 nitrogen and oxygen atoms in total. The van der Waals surface area contributed by atoms with Gasteiger partial charge in [-0.15, -0.1) is 0 Å². The Morgan fingerprint density at radius 1 is 1.26 bits per heavy atom. The number of aliphatic hydroxyl groups is 1. The molecule has 0 radical (unpaired) electrons. The van der Waals surface area contributed by atoms with Crippen LogP contribution in [-0.2, 0) is 0 Å². The minimum atomic E-state index is -0.283. The minimum Gasteiger partial charge on any atom is -0.494 e. The highest BCUT2D eigenvalue weighted by atomic mass is 16.5. The van der Waals surface area contributed by atoms with Gasteiger partial charge in [-0.25, -0.2) is 0 Å². The molecule has 3 heterocycles. The van der Waals surface area contributed by atoms with E-state index in [-0.39, 0.29) is 6.10 Å². The molecular weight excluding hydrogens is 238 g/mol. The van der Waals surface area contributed by atoms with Crippen molar-refractivity contribution in [1.82, 2.24) is 4.90 Å². The summed E-state index contributed by atoms with van der Waals surface area (Å²) in [6, 6.07) is 8.07. The average molecular weight is 259 g/mol. The zero-order chi connectivity index (χ0) is 13.2. The van der Waals surface area contributed by atoms with Crippen molar-refractivity contribution >= 4 is 6.08 Å². The van der Waals surface area contributed by atoms with Gasteiger partial charge in [-0.3, -0.25) is 0 Å². The lowest BCUT2D eigenvalue weighted by molar-refractivity contribution is 0.0215. The second kappa shape index (κ2) is 5.25. The molecule has 1 atom stereocenters. The van der Waals surface area contributed by atoms with Gasteiger partial charge >= 0.3 is 0 Å². The largest absolute Gasteiger partial charge is 0.494 e. The zero-order valence-corrected chi connectivity index (χ0v) is 11.4. The van der Waals surface area contributed by atoms with E-state index in [0.29, 0.717) is 12.5 Å². The number of hydrogen-bond acceptors (Lipinski definition) is 3. The molecule has 3 heteroatoms. The summed E-state index contributed by atoms with van der Waals surface area (Å²) in [6.45, 7) is 4.85. The molecule has 19 heavy (non-hydrogen) atoms. The van der Waals surface area contributed by atoms with Crippen LogP contribution >= 0.6 is 0 Å². The molecule has 3 saturated heterocycles. The van der Waals surface area contributed by atoms with Crippen LogP contribution in [0.3, 0.4) is 0 Å². The number of nitrogens with zero attached hydrogens (tertiary/aromatic N) is 1. The first kappa shape index (κ1) is 12.5. The summed E-state index contributed by atoms with van der Waals surface area (Å²) >= 11 is 0. The van der Waals surface area contributed by atoms with Crippen molar-refractivity contribution in [3.05, 3.63) is 35.5 Å². The molecule has 0 amide bonds. The Morgan fingerprint density at radius 2 is 1.95 bits per heavy atom. The van der Waals surface area contributed by atoms with Crippen LogP contribution in [0.5, 0.6) is 5.75 Å². The van der Waals surface area contributed by atoms with Gasteiger partial charge in [-0.05, 0) is 49.5 Å². The van der Waals surface area contributed by atoms with Gasteiger partial charge < -0.3 is 14.7 Å². The molecule has 102 valence electrons. The maximum atomic E-state index is 10.3. The first-order valence-electron chi connectivity index (χ1n) is 7.15. The Balaban J connectivity index is 1.80. The van der Waals surface area contributed by atoms with Crippen LogP contribution in [-0.4, -0.2) is 35.8 Å². The van der Waals surface area contributed by atoms with E-state index in [1.165, 1.54) is 0 Å². The maximum Gasteiger partial charge on any atom is 0.119 e. The van der Waals surface area contributed by atoms with E-state index in [4.69, 9.17) is 4.74 Å². The number of fused-ring (bicyclic) bond motifs is 3. The Morgan fingerprint density at radius 3 is 2.53 bits per heavy atom. The van der Waals surface area contributed by atoms with Crippen molar-refractivity contribution in [2.24, 2.45) is 5.92 Å². The predicted molar refractivity (Wildman–Crippen MR) is 75.9 cm³/mol. The molecule has 3 aliphatic heterocycles. The van der Waals surface area contributed by atoms with Gasteiger partial charge in [-0.1, -0.05) is 12.1 Å². The van der Waals surface area contributed by atoms with E-state index in [2.05, 4.69) is 11.0 Å². The normalized spacial score (nSPS) is 27.9. The van der Waals surface area contributed by atoms with Crippen LogP contribution in [0.4, 0.5) is 0 Å². The van der Waals surface area contributed by atoms with Crippen LogP contribution in [0.15, 0.2) is 30.0 Å². The first-order chi connectivity index (χ1) is 9.28. The molecule has 3 fully saturated rings. The quantitative estimate of drug-likeness (QED) is 0.905. The van der Waals surface area contributed by atoms with Crippen molar-refractivity contribution in [3.63, 3.8) is 0 Å². The van der Waals surface area contributed by atoms with Crippen molar-refractivity contribution in [2.45, 2.75) is 25.9 Å². The summed E-state index contributed by atoms with van der Waals surface area (Å²) in [5.74, 6) is 1.36. The lowest BCUT2D eigenvalue weighted by Crippen LogP contribution is -2.48. The third kappa shape index (κ3) is 2.47. The van der Waals surface area contributed by atoms with Gasteiger partial charge in [0.2, 0.25) is 0 Å². The Labute approximate surface area is 114 Å². The van der Waals surface area contributed by atoms with E-state index in [9.17, 15) is 5.11 Å². The molecule has 0 spiro atoms. The summed E-state index contributed by atoms with van der Waals surface area (Å²) in [4.78, 5) is 2.32. The van der Waals surface area contributed by atoms with Crippen molar-refractivity contribution < 1.29 is 9.84 Å². The van der Waals surface area contributed by atoms with Crippen LogP contribution in [0.1, 0.15) is 25.3 Å². The molecule has 1 unspecified atom stereocenters. The summed E-state index contributed by atoms with van der Waals surface area (Å²) in [5.41, 5.74) is 2.22. The van der Waals surface area contributed by atoms with Gasteiger partial charge in [-0.2, -0.15) is 0 Å². The number of piperidine rings is 3. The van der Waals surface area contributed by atoms with Crippen LogP contribution < -0.4 is 4.74 Å². The summed E-state index contributed by atoms with van der Waals surface area (Å²) in [5, 5.41) is 10.3. The highest BCUT2D eigenvalue weighted by Gasteiger charge is 2.36. The monoisotopic (exact) mass is 259 g/mol. The molecule has 0 aliphatic carbocycles. The Hall–Kier alpha value is -1.48. The molecule has 2 bridgehead atoms. The van der Waals surface area contributed by atoms with Crippen LogP contribution in [0.25, 0.3) is 6.08 Å². The molecule has 3 aliphatic rings. The third-order valence-electron chi connectivity index (χ3n) is 4.16. The summed E-state index contributed by atoms with van der Waals surface area (Å²) in [6.07, 6.45) is 4.09. The Bertz CT molecular complexity index is 454. The fourth-order valence-corrected chi connectivity index (χ4v) is 3.08. The lowest BCUT2D eigenvalue weighted by atomic mass is 9.83. The molecule has 0 aromatic heterocycles. The fraction of sp³-hybridized carbons (Fsp3) is 0.500. The molecule has 0 saturated carbocycles. The van der Waals surface area contributed by atoms with Gasteiger partial charge in [0.25, 0.3) is 0 Å². The van der Waals surface area contributed by atoms with Gasteiger partial charge in [0.15, 0.2) is 0 Å². The van der Waals surface area contributed by atoms with E-state index in [0.717, 1.165) is 42.9 Å². The third-order valence-corrected chi connectivity index (χ3v) is 4.16. The molecule has 4 rings (SSSR count). The smallest absolute Gasteiger partial charge is 0.119 e. The average Bonchev–Trinajstić information content (AvgIpc) is 2.45. The van der Waals surface area contributed by atoms with Crippen molar-refractivity contribution in [3.8, 4) is 5.75 Å². The van der Waals surface area contributed by atoms with Gasteiger partial charge in [0.05, 0.1) is 12.7 Å². The number of ether oxygens (including phenoxy) is 1. The van der Waals surface area contributed by atoms with E-state index in [1.807, 2.05) is 31.2 Å². The molecule has 1 aromatic rings. The molecular formula is C16H21NO2. The fourth-order valence-electron chi connectivity index (χ4n) is 3.08. The maximum absolute atomic E-state index is 10.3. The van der Waals surface area contributed by atoms with E-state index in [1.54, 1.807) is 0 Å². The SMILES string of the molecule is CCOc1ccc(C=C2C(O)C3CCN2CC3)cc1. The zero-order valence-electron chi connectivity index (χ0n) is 11.4. The van der Waals surface area contributed by atoms with E-state index < -0.39 is 0 Å².